The minimum atomic E-state index is -0.655. The molecule has 0 saturated carbocycles. The number of benzene rings is 1. The van der Waals surface area contributed by atoms with Gasteiger partial charge in [-0.05, 0) is 56.5 Å². The Morgan fingerprint density at radius 2 is 1.89 bits per heavy atom. The van der Waals surface area contributed by atoms with Gasteiger partial charge in [0.05, 0.1) is 11.4 Å². The summed E-state index contributed by atoms with van der Waals surface area (Å²) in [6, 6.07) is 6.40. The first-order valence-electron chi connectivity index (χ1n) is 12.7. The summed E-state index contributed by atoms with van der Waals surface area (Å²) in [7, 11) is 1.69. The Labute approximate surface area is 221 Å². The molecule has 3 heterocycles. The van der Waals surface area contributed by atoms with Gasteiger partial charge in [0.2, 0.25) is 17.7 Å². The molecule has 0 unspecified atom stereocenters. The molecule has 192 valence electrons. The van der Waals surface area contributed by atoms with E-state index >= 15 is 0 Å². The second kappa shape index (κ2) is 10.6. The summed E-state index contributed by atoms with van der Waals surface area (Å²) in [6.45, 7) is 3.71. The fourth-order valence-electron chi connectivity index (χ4n) is 6.06. The molecular weight excluding hydrogens is 492 g/mol. The first kappa shape index (κ1) is 25.4. The van der Waals surface area contributed by atoms with Crippen LogP contribution < -0.4 is 16.0 Å². The summed E-state index contributed by atoms with van der Waals surface area (Å²) in [4.78, 5) is 43.8. The highest BCUT2D eigenvalue weighted by Gasteiger charge is 2.58. The lowest BCUT2D eigenvalue weighted by atomic mass is 9.77. The summed E-state index contributed by atoms with van der Waals surface area (Å²) < 4.78 is 0. The Balaban J connectivity index is 1.41. The van der Waals surface area contributed by atoms with Gasteiger partial charge in [-0.2, -0.15) is 0 Å². The fourth-order valence-corrected chi connectivity index (χ4v) is 8.67. The predicted octanol–water partition coefficient (Wildman–Crippen LogP) is 3.00. The number of hydrogen-bond donors (Lipinski definition) is 3. The summed E-state index contributed by atoms with van der Waals surface area (Å²) in [6.07, 6.45) is 9.60. The van der Waals surface area contributed by atoms with Gasteiger partial charge in [0, 0.05) is 16.1 Å². The smallest absolute Gasteiger partial charge is 0.246 e. The van der Waals surface area contributed by atoms with E-state index in [-0.39, 0.29) is 34.6 Å². The van der Waals surface area contributed by atoms with E-state index in [2.05, 4.69) is 46.8 Å². The SMILES string of the molecule is C=C[C@H](NC)C(=O)N[C@H]1CCS[C@H]2CC3(CC=CC3)[C@@H](C(=O)N[C@@H]3CCSc4ccccc43)N2C1=O. The van der Waals surface area contributed by atoms with Crippen LogP contribution in [0.5, 0.6) is 0 Å². The lowest BCUT2D eigenvalue weighted by Gasteiger charge is -2.37. The molecular formula is C27H34N4O3S2. The number of fused-ring (bicyclic) bond motifs is 2. The summed E-state index contributed by atoms with van der Waals surface area (Å²) in [5.41, 5.74) is 0.861. The zero-order valence-corrected chi connectivity index (χ0v) is 22.2. The molecule has 9 heteroatoms. The Kier molecular flexibility index (Phi) is 7.51. The molecule has 1 spiro atoms. The molecule has 3 N–H and O–H groups in total. The van der Waals surface area contributed by atoms with Gasteiger partial charge in [0.1, 0.15) is 18.1 Å². The summed E-state index contributed by atoms with van der Waals surface area (Å²) >= 11 is 3.55. The molecule has 0 radical (unpaired) electrons. The highest BCUT2D eigenvalue weighted by molar-refractivity contribution is 8.00. The largest absolute Gasteiger partial charge is 0.347 e. The van der Waals surface area contributed by atoms with Gasteiger partial charge in [-0.1, -0.05) is 36.4 Å². The molecule has 3 amide bonds. The molecule has 4 aliphatic rings. The van der Waals surface area contributed by atoms with E-state index < -0.39 is 18.1 Å². The lowest BCUT2D eigenvalue weighted by molar-refractivity contribution is -0.144. The minimum absolute atomic E-state index is 0.0605. The van der Waals surface area contributed by atoms with Crippen LogP contribution in [0, 0.1) is 5.41 Å². The minimum Gasteiger partial charge on any atom is -0.347 e. The molecule has 2 fully saturated rings. The van der Waals surface area contributed by atoms with Crippen molar-refractivity contribution in [2.45, 2.75) is 66.5 Å². The molecule has 36 heavy (non-hydrogen) atoms. The molecule has 2 saturated heterocycles. The van der Waals surface area contributed by atoms with E-state index in [0.29, 0.717) is 6.42 Å². The standard InChI is InChI=1S/C27H34N4O3S2/c1-3-18(28-2)24(32)30-20-11-15-36-22-16-27(12-6-7-13-27)23(31(22)26(20)34)25(33)29-19-10-14-35-21-9-5-4-8-17(19)21/h3-9,18-20,22-23,28H,1,10-16H2,2H3,(H,29,33)(H,30,32)/t18-,19+,20-,22-,23+/m0/s1. The second-order valence-electron chi connectivity index (χ2n) is 10.0. The van der Waals surface area contributed by atoms with Gasteiger partial charge < -0.3 is 20.9 Å². The number of nitrogens with zero attached hydrogens (tertiary/aromatic N) is 1. The summed E-state index contributed by atoms with van der Waals surface area (Å²) in [5.74, 6) is 1.20. The quantitative estimate of drug-likeness (QED) is 0.494. The molecule has 1 aliphatic carbocycles. The third-order valence-corrected chi connectivity index (χ3v) is 10.3. The molecule has 1 aromatic carbocycles. The number of likely N-dealkylation sites (N-methyl/N-ethyl adjacent to an activating group) is 1. The van der Waals surface area contributed by atoms with Crippen LogP contribution in [0.3, 0.4) is 0 Å². The van der Waals surface area contributed by atoms with Crippen LogP contribution in [0.15, 0.2) is 54.0 Å². The van der Waals surface area contributed by atoms with E-state index in [1.807, 2.05) is 28.8 Å². The van der Waals surface area contributed by atoms with Gasteiger partial charge in [-0.3, -0.25) is 14.4 Å². The number of amides is 3. The normalized spacial score (nSPS) is 29.2. The van der Waals surface area contributed by atoms with Crippen LogP contribution in [0.2, 0.25) is 0 Å². The van der Waals surface area contributed by atoms with Crippen LogP contribution >= 0.6 is 23.5 Å². The van der Waals surface area contributed by atoms with Crippen LogP contribution in [-0.4, -0.2) is 64.7 Å². The number of carbonyl (C=O) groups excluding carboxylic acids is 3. The molecule has 3 aliphatic heterocycles. The zero-order chi connectivity index (χ0) is 25.3. The number of rotatable bonds is 6. The van der Waals surface area contributed by atoms with Crippen molar-refractivity contribution >= 4 is 41.2 Å². The number of thioether (sulfide) groups is 2. The highest BCUT2D eigenvalue weighted by atomic mass is 32.2. The predicted molar refractivity (Wildman–Crippen MR) is 145 cm³/mol. The maximum atomic E-state index is 14.1. The van der Waals surface area contributed by atoms with Gasteiger partial charge in [0.15, 0.2) is 0 Å². The Morgan fingerprint density at radius 1 is 1.14 bits per heavy atom. The molecule has 5 rings (SSSR count). The Bertz CT molecular complexity index is 1070. The third kappa shape index (κ3) is 4.61. The van der Waals surface area contributed by atoms with Crippen LogP contribution in [-0.2, 0) is 14.4 Å². The Morgan fingerprint density at radius 3 is 2.64 bits per heavy atom. The third-order valence-electron chi connectivity index (χ3n) is 7.90. The number of carbonyl (C=O) groups is 3. The molecule has 0 bridgehead atoms. The van der Waals surface area contributed by atoms with Crippen molar-refractivity contribution in [3.8, 4) is 0 Å². The highest BCUT2D eigenvalue weighted by Crippen LogP contribution is 2.53. The second-order valence-corrected chi connectivity index (χ2v) is 12.4. The summed E-state index contributed by atoms with van der Waals surface area (Å²) in [5, 5.41) is 9.11. The van der Waals surface area contributed by atoms with Crippen molar-refractivity contribution < 1.29 is 14.4 Å². The van der Waals surface area contributed by atoms with Crippen LogP contribution in [0.25, 0.3) is 0 Å². The topological polar surface area (TPSA) is 90.5 Å². The van der Waals surface area contributed by atoms with E-state index in [0.717, 1.165) is 42.8 Å². The first-order valence-corrected chi connectivity index (χ1v) is 14.7. The lowest BCUT2D eigenvalue weighted by Crippen LogP contribution is -2.58. The Hall–Kier alpha value is -2.23. The van der Waals surface area contributed by atoms with Crippen molar-refractivity contribution in [3.05, 3.63) is 54.6 Å². The molecule has 5 atom stereocenters. The molecule has 1 aromatic rings. The number of allylic oxidation sites excluding steroid dienone is 2. The van der Waals surface area contributed by atoms with E-state index in [1.165, 1.54) is 11.0 Å². The molecule has 0 aromatic heterocycles. The van der Waals surface area contributed by atoms with Crippen LogP contribution in [0.1, 0.15) is 43.7 Å². The maximum absolute atomic E-state index is 14.1. The van der Waals surface area contributed by atoms with Gasteiger partial charge in [0.25, 0.3) is 0 Å². The van der Waals surface area contributed by atoms with Gasteiger partial charge in [-0.25, -0.2) is 0 Å². The number of nitrogens with one attached hydrogen (secondary N) is 3. The first-order chi connectivity index (χ1) is 17.5. The van der Waals surface area contributed by atoms with Crippen LogP contribution in [0.4, 0.5) is 0 Å². The number of hydrogen-bond acceptors (Lipinski definition) is 6. The zero-order valence-electron chi connectivity index (χ0n) is 20.6. The maximum Gasteiger partial charge on any atom is 0.246 e. The average molecular weight is 527 g/mol. The van der Waals surface area contributed by atoms with E-state index in [1.54, 1.807) is 18.8 Å². The average Bonchev–Trinajstić information content (AvgIpc) is 3.44. The van der Waals surface area contributed by atoms with Crippen molar-refractivity contribution in [2.75, 3.05) is 18.6 Å². The van der Waals surface area contributed by atoms with E-state index in [9.17, 15) is 14.4 Å². The van der Waals surface area contributed by atoms with Gasteiger partial charge in [-0.15, -0.1) is 30.1 Å². The van der Waals surface area contributed by atoms with Crippen molar-refractivity contribution in [3.63, 3.8) is 0 Å². The fraction of sp³-hybridized carbons (Fsp3) is 0.519. The van der Waals surface area contributed by atoms with E-state index in [4.69, 9.17) is 0 Å². The van der Waals surface area contributed by atoms with Crippen molar-refractivity contribution in [1.82, 2.24) is 20.9 Å². The molecule has 7 nitrogen and oxygen atoms in total. The monoisotopic (exact) mass is 526 g/mol. The van der Waals surface area contributed by atoms with Crippen molar-refractivity contribution in [1.29, 1.82) is 0 Å². The van der Waals surface area contributed by atoms with Crippen molar-refractivity contribution in [2.24, 2.45) is 5.41 Å². The van der Waals surface area contributed by atoms with Gasteiger partial charge >= 0.3 is 0 Å².